The maximum atomic E-state index is 12.7. The molecule has 0 saturated heterocycles. The van der Waals surface area contributed by atoms with E-state index in [1.807, 2.05) is 13.8 Å². The number of carboxylic acids is 2. The van der Waals surface area contributed by atoms with Crippen LogP contribution in [0.4, 0.5) is 0 Å². The summed E-state index contributed by atoms with van der Waals surface area (Å²) < 4.78 is 0. The first-order chi connectivity index (χ1) is 15.8. The average Bonchev–Trinajstić information content (AvgIpc) is 2.72. The molecule has 0 unspecified atom stereocenters. The zero-order valence-electron chi connectivity index (χ0n) is 19.4. The van der Waals surface area contributed by atoms with Crippen LogP contribution in [0.15, 0.2) is 0 Å². The molecule has 3 amide bonds. The van der Waals surface area contributed by atoms with Gasteiger partial charge in [-0.25, -0.2) is 0 Å². The number of nitrogens with two attached hydrogens (primary N) is 2. The molecule has 0 aromatic heterocycles. The predicted octanol–water partition coefficient (Wildman–Crippen LogP) is -1.43. The second kappa shape index (κ2) is 15.5. The van der Waals surface area contributed by atoms with Gasteiger partial charge in [0.15, 0.2) is 11.6 Å². The summed E-state index contributed by atoms with van der Waals surface area (Å²) in [5, 5.41) is 22.6. The average molecular weight is 487 g/mol. The Kier molecular flexibility index (Phi) is 14.0. The zero-order chi connectivity index (χ0) is 26.4. The number of carbonyl (C=O) groups excluding carboxylic acids is 5. The summed E-state index contributed by atoms with van der Waals surface area (Å²) in [6, 6.07) is -0.925. The number of ketones is 2. The first kappa shape index (κ1) is 30.6. The number of carbonyl (C=O) groups is 7. The van der Waals surface area contributed by atoms with E-state index in [1.54, 1.807) is 0 Å². The van der Waals surface area contributed by atoms with E-state index in [-0.39, 0.29) is 25.3 Å². The van der Waals surface area contributed by atoms with Crippen molar-refractivity contribution >= 4 is 41.2 Å². The SMILES string of the molecule is CC(C)C[C@H](NC(=O)CN)C(=O)C[C@@H](CC(N)=O)C(=O)NCC(=O)C[C@@H](CCC(=O)O)C(=O)O. The van der Waals surface area contributed by atoms with Crippen molar-refractivity contribution in [2.45, 2.75) is 58.4 Å². The van der Waals surface area contributed by atoms with Crippen molar-refractivity contribution in [1.82, 2.24) is 10.6 Å². The fourth-order valence-corrected chi connectivity index (χ4v) is 3.17. The van der Waals surface area contributed by atoms with Crippen molar-refractivity contribution in [3.05, 3.63) is 0 Å². The molecule has 0 aromatic rings. The fourth-order valence-electron chi connectivity index (χ4n) is 3.17. The van der Waals surface area contributed by atoms with E-state index in [9.17, 15) is 33.6 Å². The highest BCUT2D eigenvalue weighted by atomic mass is 16.4. The molecule has 0 aliphatic rings. The monoisotopic (exact) mass is 486 g/mol. The molecular formula is C21H34N4O9. The maximum Gasteiger partial charge on any atom is 0.306 e. The summed E-state index contributed by atoms with van der Waals surface area (Å²) in [5.74, 6) is -8.36. The van der Waals surface area contributed by atoms with Crippen LogP contribution in [0.25, 0.3) is 0 Å². The highest BCUT2D eigenvalue weighted by Gasteiger charge is 2.30. The van der Waals surface area contributed by atoms with E-state index in [0.717, 1.165) is 0 Å². The summed E-state index contributed by atoms with van der Waals surface area (Å²) in [5.41, 5.74) is 10.5. The van der Waals surface area contributed by atoms with Crippen LogP contribution in [-0.2, 0) is 33.6 Å². The number of hydrogen-bond donors (Lipinski definition) is 6. The largest absolute Gasteiger partial charge is 0.481 e. The number of nitrogens with one attached hydrogen (secondary N) is 2. The van der Waals surface area contributed by atoms with Crippen LogP contribution >= 0.6 is 0 Å². The molecule has 13 heteroatoms. The second-order valence-corrected chi connectivity index (χ2v) is 8.42. The van der Waals surface area contributed by atoms with E-state index in [2.05, 4.69) is 10.6 Å². The maximum absolute atomic E-state index is 12.7. The predicted molar refractivity (Wildman–Crippen MR) is 118 cm³/mol. The molecule has 13 nitrogen and oxygen atoms in total. The molecule has 34 heavy (non-hydrogen) atoms. The van der Waals surface area contributed by atoms with Gasteiger partial charge in [0, 0.05) is 25.7 Å². The molecule has 8 N–H and O–H groups in total. The van der Waals surface area contributed by atoms with E-state index in [0.29, 0.717) is 0 Å². The van der Waals surface area contributed by atoms with E-state index in [1.165, 1.54) is 0 Å². The highest BCUT2D eigenvalue weighted by Crippen LogP contribution is 2.16. The Morgan fingerprint density at radius 2 is 1.53 bits per heavy atom. The quantitative estimate of drug-likeness (QED) is 0.132. The van der Waals surface area contributed by atoms with E-state index >= 15 is 0 Å². The molecule has 3 atom stereocenters. The Bertz CT molecular complexity index is 782. The Balaban J connectivity index is 5.16. The lowest BCUT2D eigenvalue weighted by atomic mass is 9.91. The molecule has 0 radical (unpaired) electrons. The van der Waals surface area contributed by atoms with Crippen LogP contribution in [0.1, 0.15) is 52.4 Å². The smallest absolute Gasteiger partial charge is 0.306 e. The van der Waals surface area contributed by atoms with Crippen molar-refractivity contribution in [3.8, 4) is 0 Å². The first-order valence-corrected chi connectivity index (χ1v) is 10.8. The fraction of sp³-hybridized carbons (Fsp3) is 0.667. The molecule has 0 fully saturated rings. The molecular weight excluding hydrogens is 452 g/mol. The second-order valence-electron chi connectivity index (χ2n) is 8.42. The Hall–Kier alpha value is -3.35. The van der Waals surface area contributed by atoms with Crippen LogP contribution in [-0.4, -0.2) is 70.6 Å². The number of hydrogen-bond acceptors (Lipinski definition) is 8. The van der Waals surface area contributed by atoms with Gasteiger partial charge in [0.2, 0.25) is 17.7 Å². The van der Waals surface area contributed by atoms with Gasteiger partial charge in [0.1, 0.15) is 0 Å². The topological polar surface area (TPSA) is 236 Å². The van der Waals surface area contributed by atoms with Crippen LogP contribution in [0.2, 0.25) is 0 Å². The standard InChI is InChI=1S/C21H34N4O9/c1-11(2)5-15(25-18(29)9-22)16(27)7-13(8-17(23)28)20(32)24-10-14(26)6-12(21(33)34)3-4-19(30)31/h11-13,15H,3-10,22H2,1-2H3,(H2,23,28)(H,24,32)(H,25,29)(H,30,31)(H,33,34)/t12-,13+,15+/m1/s1. The van der Waals surface area contributed by atoms with Gasteiger partial charge in [0.25, 0.3) is 0 Å². The van der Waals surface area contributed by atoms with Crippen molar-refractivity contribution in [2.75, 3.05) is 13.1 Å². The highest BCUT2D eigenvalue weighted by molar-refractivity contribution is 5.95. The van der Waals surface area contributed by atoms with Gasteiger partial charge >= 0.3 is 11.9 Å². The van der Waals surface area contributed by atoms with Gasteiger partial charge in [-0.2, -0.15) is 0 Å². The lowest BCUT2D eigenvalue weighted by Crippen LogP contribution is -2.46. The van der Waals surface area contributed by atoms with Crippen LogP contribution in [0.3, 0.4) is 0 Å². The van der Waals surface area contributed by atoms with Crippen LogP contribution in [0.5, 0.6) is 0 Å². The molecule has 0 aromatic carbocycles. The summed E-state index contributed by atoms with van der Waals surface area (Å²) in [7, 11) is 0. The number of aliphatic carboxylic acids is 2. The van der Waals surface area contributed by atoms with Crippen molar-refractivity contribution in [1.29, 1.82) is 0 Å². The van der Waals surface area contributed by atoms with Crippen molar-refractivity contribution in [3.63, 3.8) is 0 Å². The molecule has 0 saturated carbocycles. The number of primary amides is 1. The lowest BCUT2D eigenvalue weighted by Gasteiger charge is -2.22. The molecule has 192 valence electrons. The molecule has 0 spiro atoms. The number of carboxylic acid groups (broad SMARTS) is 2. The number of rotatable bonds is 18. The molecule has 0 heterocycles. The normalized spacial score (nSPS) is 13.4. The molecule has 0 rings (SSSR count). The van der Waals surface area contributed by atoms with Crippen molar-refractivity contribution < 1.29 is 43.8 Å². The van der Waals surface area contributed by atoms with E-state index < -0.39 is 91.3 Å². The van der Waals surface area contributed by atoms with E-state index in [4.69, 9.17) is 21.7 Å². The third kappa shape index (κ3) is 13.3. The third-order valence-electron chi connectivity index (χ3n) is 4.87. The lowest BCUT2D eigenvalue weighted by molar-refractivity contribution is -0.145. The van der Waals surface area contributed by atoms with Gasteiger partial charge < -0.3 is 32.3 Å². The van der Waals surface area contributed by atoms with Gasteiger partial charge in [-0.15, -0.1) is 0 Å². The number of amides is 3. The van der Waals surface area contributed by atoms with Gasteiger partial charge in [-0.3, -0.25) is 33.6 Å². The van der Waals surface area contributed by atoms with Gasteiger partial charge in [0.05, 0.1) is 31.0 Å². The minimum absolute atomic E-state index is 0.0244. The Morgan fingerprint density at radius 1 is 0.912 bits per heavy atom. The van der Waals surface area contributed by atoms with Gasteiger partial charge in [-0.1, -0.05) is 13.8 Å². The molecule has 0 aliphatic heterocycles. The minimum atomic E-state index is -1.34. The Morgan fingerprint density at radius 3 is 2.00 bits per heavy atom. The summed E-state index contributed by atoms with van der Waals surface area (Å²) in [4.78, 5) is 82.3. The third-order valence-corrected chi connectivity index (χ3v) is 4.87. The first-order valence-electron chi connectivity index (χ1n) is 10.8. The summed E-state index contributed by atoms with van der Waals surface area (Å²) >= 11 is 0. The van der Waals surface area contributed by atoms with Gasteiger partial charge in [-0.05, 0) is 18.8 Å². The molecule has 0 bridgehead atoms. The van der Waals surface area contributed by atoms with Crippen LogP contribution < -0.4 is 22.1 Å². The minimum Gasteiger partial charge on any atom is -0.481 e. The van der Waals surface area contributed by atoms with Crippen molar-refractivity contribution in [2.24, 2.45) is 29.2 Å². The van der Waals surface area contributed by atoms with Crippen LogP contribution in [0, 0.1) is 17.8 Å². The molecule has 0 aliphatic carbocycles. The summed E-state index contributed by atoms with van der Waals surface area (Å²) in [6.07, 6.45) is -1.82. The Labute approximate surface area is 197 Å². The summed E-state index contributed by atoms with van der Waals surface area (Å²) in [6.45, 7) is 2.75. The number of Topliss-reactive ketones (excluding diaryl/α,β-unsaturated/α-hetero) is 2. The zero-order valence-corrected chi connectivity index (χ0v) is 19.4.